The second kappa shape index (κ2) is 4.97. The largest absolute Gasteiger partial charge is 0.481 e. The molecule has 15 heavy (non-hydrogen) atoms. The summed E-state index contributed by atoms with van der Waals surface area (Å²) in [6.45, 7) is 10.3. The van der Waals surface area contributed by atoms with Crippen molar-refractivity contribution in [1.82, 2.24) is 4.90 Å². The van der Waals surface area contributed by atoms with Crippen molar-refractivity contribution in [3.05, 3.63) is 0 Å². The molecule has 1 saturated heterocycles. The molecule has 0 amide bonds. The van der Waals surface area contributed by atoms with Gasteiger partial charge in [-0.3, -0.25) is 4.79 Å². The SMILES string of the molecule is CC(C)(C)C1CN(CCCCC(=O)O)C1. The summed E-state index contributed by atoms with van der Waals surface area (Å²) in [5.41, 5.74) is 0.428. The summed E-state index contributed by atoms with van der Waals surface area (Å²) in [5.74, 6) is 0.142. The summed E-state index contributed by atoms with van der Waals surface area (Å²) in [6.07, 6.45) is 2.14. The van der Waals surface area contributed by atoms with E-state index in [-0.39, 0.29) is 0 Å². The molecule has 0 aromatic carbocycles. The third-order valence-electron chi connectivity index (χ3n) is 3.30. The Balaban J connectivity index is 2.01. The zero-order chi connectivity index (χ0) is 11.5. The Labute approximate surface area is 92.5 Å². The molecular weight excluding hydrogens is 190 g/mol. The third kappa shape index (κ3) is 4.20. The second-order valence-corrected chi connectivity index (χ2v) is 5.67. The highest BCUT2D eigenvalue weighted by molar-refractivity contribution is 5.66. The van der Waals surface area contributed by atoms with Gasteiger partial charge in [0.25, 0.3) is 0 Å². The molecule has 0 atom stereocenters. The fourth-order valence-corrected chi connectivity index (χ4v) is 1.91. The first kappa shape index (κ1) is 12.5. The number of carboxylic acids is 1. The quantitative estimate of drug-likeness (QED) is 0.712. The van der Waals surface area contributed by atoms with Crippen LogP contribution in [0.15, 0.2) is 0 Å². The predicted octanol–water partition coefficient (Wildman–Crippen LogP) is 2.22. The maximum atomic E-state index is 10.3. The number of hydrogen-bond acceptors (Lipinski definition) is 2. The van der Waals surface area contributed by atoms with Crippen LogP contribution in [0.25, 0.3) is 0 Å². The standard InChI is InChI=1S/C12H23NO2/c1-12(2,3)10-8-13(9-10)7-5-4-6-11(14)15/h10H,4-9H2,1-3H3,(H,14,15). The zero-order valence-electron chi connectivity index (χ0n) is 10.1. The Morgan fingerprint density at radius 3 is 2.40 bits per heavy atom. The van der Waals surface area contributed by atoms with Crippen LogP contribution in [-0.2, 0) is 4.79 Å². The minimum Gasteiger partial charge on any atom is -0.481 e. The molecule has 0 aliphatic carbocycles. The monoisotopic (exact) mass is 213 g/mol. The van der Waals surface area contributed by atoms with Crippen LogP contribution in [-0.4, -0.2) is 35.6 Å². The molecule has 1 N–H and O–H groups in total. The van der Waals surface area contributed by atoms with Crippen LogP contribution < -0.4 is 0 Å². The Hall–Kier alpha value is -0.570. The van der Waals surface area contributed by atoms with Gasteiger partial charge in [-0.2, -0.15) is 0 Å². The summed E-state index contributed by atoms with van der Waals surface area (Å²) in [6, 6.07) is 0. The van der Waals surface area contributed by atoms with Gasteiger partial charge in [0.05, 0.1) is 0 Å². The molecule has 1 aliphatic rings. The van der Waals surface area contributed by atoms with Gasteiger partial charge in [0.15, 0.2) is 0 Å². The maximum Gasteiger partial charge on any atom is 0.303 e. The Morgan fingerprint density at radius 1 is 1.33 bits per heavy atom. The van der Waals surface area contributed by atoms with Crippen molar-refractivity contribution >= 4 is 5.97 Å². The number of carboxylic acid groups (broad SMARTS) is 1. The molecule has 0 aromatic heterocycles. The van der Waals surface area contributed by atoms with Gasteiger partial charge in [0.1, 0.15) is 0 Å². The predicted molar refractivity (Wildman–Crippen MR) is 60.9 cm³/mol. The van der Waals surface area contributed by atoms with E-state index in [2.05, 4.69) is 25.7 Å². The number of unbranched alkanes of at least 4 members (excludes halogenated alkanes) is 1. The van der Waals surface area contributed by atoms with Crippen LogP contribution in [0.3, 0.4) is 0 Å². The number of aliphatic carboxylic acids is 1. The van der Waals surface area contributed by atoms with Crippen molar-refractivity contribution < 1.29 is 9.90 Å². The molecule has 1 heterocycles. The summed E-state index contributed by atoms with van der Waals surface area (Å²) in [7, 11) is 0. The molecule has 3 nitrogen and oxygen atoms in total. The lowest BCUT2D eigenvalue weighted by atomic mass is 9.76. The first-order valence-electron chi connectivity index (χ1n) is 5.84. The van der Waals surface area contributed by atoms with Gasteiger partial charge >= 0.3 is 5.97 Å². The molecule has 0 aromatic rings. The van der Waals surface area contributed by atoms with Crippen LogP contribution in [0, 0.1) is 11.3 Å². The Morgan fingerprint density at radius 2 is 1.93 bits per heavy atom. The minimum atomic E-state index is -0.675. The lowest BCUT2D eigenvalue weighted by molar-refractivity contribution is -0.137. The van der Waals surface area contributed by atoms with Crippen molar-refractivity contribution in [1.29, 1.82) is 0 Å². The van der Waals surface area contributed by atoms with E-state index in [0.717, 1.165) is 25.3 Å². The van der Waals surface area contributed by atoms with Gasteiger partial charge in [0, 0.05) is 19.5 Å². The fraction of sp³-hybridized carbons (Fsp3) is 0.917. The zero-order valence-corrected chi connectivity index (χ0v) is 10.1. The second-order valence-electron chi connectivity index (χ2n) is 5.67. The van der Waals surface area contributed by atoms with Gasteiger partial charge < -0.3 is 10.0 Å². The van der Waals surface area contributed by atoms with Gasteiger partial charge in [-0.05, 0) is 30.7 Å². The summed E-state index contributed by atoms with van der Waals surface area (Å²) in [4.78, 5) is 12.7. The average Bonchev–Trinajstić information content (AvgIpc) is 1.96. The highest BCUT2D eigenvalue weighted by Gasteiger charge is 2.34. The molecule has 0 saturated carbocycles. The van der Waals surface area contributed by atoms with Gasteiger partial charge in [-0.1, -0.05) is 20.8 Å². The van der Waals surface area contributed by atoms with E-state index < -0.39 is 5.97 Å². The molecular formula is C12H23NO2. The van der Waals surface area contributed by atoms with E-state index >= 15 is 0 Å². The van der Waals surface area contributed by atoms with E-state index in [1.807, 2.05) is 0 Å². The average molecular weight is 213 g/mol. The van der Waals surface area contributed by atoms with Gasteiger partial charge in [-0.25, -0.2) is 0 Å². The topological polar surface area (TPSA) is 40.5 Å². The fourth-order valence-electron chi connectivity index (χ4n) is 1.91. The summed E-state index contributed by atoms with van der Waals surface area (Å²) < 4.78 is 0. The normalized spacial score (nSPS) is 18.9. The molecule has 1 aliphatic heterocycles. The molecule has 88 valence electrons. The van der Waals surface area contributed by atoms with Crippen molar-refractivity contribution in [3.8, 4) is 0 Å². The van der Waals surface area contributed by atoms with Gasteiger partial charge in [-0.15, -0.1) is 0 Å². The number of carbonyl (C=O) groups is 1. The Bertz CT molecular complexity index is 214. The van der Waals surface area contributed by atoms with E-state index in [0.29, 0.717) is 11.8 Å². The molecule has 0 radical (unpaired) electrons. The van der Waals surface area contributed by atoms with E-state index in [4.69, 9.17) is 5.11 Å². The van der Waals surface area contributed by atoms with Crippen LogP contribution in [0.2, 0.25) is 0 Å². The molecule has 0 bridgehead atoms. The van der Waals surface area contributed by atoms with Crippen LogP contribution >= 0.6 is 0 Å². The number of likely N-dealkylation sites (tertiary alicyclic amines) is 1. The van der Waals surface area contributed by atoms with E-state index in [1.54, 1.807) is 0 Å². The number of rotatable bonds is 5. The van der Waals surface area contributed by atoms with Crippen molar-refractivity contribution in [2.45, 2.75) is 40.0 Å². The Kier molecular flexibility index (Phi) is 4.14. The molecule has 0 unspecified atom stereocenters. The summed E-state index contributed by atoms with van der Waals surface area (Å²) in [5, 5.41) is 8.49. The van der Waals surface area contributed by atoms with E-state index in [9.17, 15) is 4.79 Å². The molecule has 1 rings (SSSR count). The first-order chi connectivity index (χ1) is 6.89. The van der Waals surface area contributed by atoms with E-state index in [1.165, 1.54) is 13.1 Å². The smallest absolute Gasteiger partial charge is 0.303 e. The van der Waals surface area contributed by atoms with Crippen molar-refractivity contribution in [2.75, 3.05) is 19.6 Å². The summed E-state index contributed by atoms with van der Waals surface area (Å²) >= 11 is 0. The van der Waals surface area contributed by atoms with Crippen LogP contribution in [0.1, 0.15) is 40.0 Å². The molecule has 1 fully saturated rings. The van der Waals surface area contributed by atoms with Gasteiger partial charge in [0.2, 0.25) is 0 Å². The molecule has 3 heteroatoms. The van der Waals surface area contributed by atoms with Crippen molar-refractivity contribution in [2.24, 2.45) is 11.3 Å². The third-order valence-corrected chi connectivity index (χ3v) is 3.30. The highest BCUT2D eigenvalue weighted by Crippen LogP contribution is 2.33. The number of nitrogens with zero attached hydrogens (tertiary/aromatic N) is 1. The van der Waals surface area contributed by atoms with Crippen molar-refractivity contribution in [3.63, 3.8) is 0 Å². The molecule has 0 spiro atoms. The first-order valence-corrected chi connectivity index (χ1v) is 5.84. The minimum absolute atomic E-state index is 0.316. The maximum absolute atomic E-state index is 10.3. The highest BCUT2D eigenvalue weighted by atomic mass is 16.4. The lowest BCUT2D eigenvalue weighted by Gasteiger charge is -2.46. The lowest BCUT2D eigenvalue weighted by Crippen LogP contribution is -2.52. The van der Waals surface area contributed by atoms with Crippen LogP contribution in [0.4, 0.5) is 0 Å². The van der Waals surface area contributed by atoms with Crippen LogP contribution in [0.5, 0.6) is 0 Å². The number of hydrogen-bond donors (Lipinski definition) is 1.